The molecule has 0 spiro atoms. The standard InChI is InChI=1S/C16H25NO2/c1-2-3-9-18-10-11-19-14-7-8-15-13(12-14)5-4-6-16(15)17/h7-8,12,16H,2-6,9-11,17H2,1H3. The maximum absolute atomic E-state index is 6.10. The minimum Gasteiger partial charge on any atom is -0.491 e. The van der Waals surface area contributed by atoms with Crippen molar-refractivity contribution >= 4 is 0 Å². The average molecular weight is 263 g/mol. The van der Waals surface area contributed by atoms with Crippen LogP contribution < -0.4 is 10.5 Å². The molecule has 0 aromatic heterocycles. The molecule has 1 aromatic rings. The molecular formula is C16H25NO2. The zero-order chi connectivity index (χ0) is 13.5. The lowest BCUT2D eigenvalue weighted by Gasteiger charge is -2.22. The van der Waals surface area contributed by atoms with Gasteiger partial charge in [0.15, 0.2) is 0 Å². The number of aryl methyl sites for hydroxylation is 1. The summed E-state index contributed by atoms with van der Waals surface area (Å²) >= 11 is 0. The minimum atomic E-state index is 0.204. The van der Waals surface area contributed by atoms with E-state index in [-0.39, 0.29) is 6.04 Å². The topological polar surface area (TPSA) is 44.5 Å². The molecule has 1 aromatic carbocycles. The van der Waals surface area contributed by atoms with Crippen LogP contribution in [0.2, 0.25) is 0 Å². The minimum absolute atomic E-state index is 0.204. The van der Waals surface area contributed by atoms with Gasteiger partial charge < -0.3 is 15.2 Å². The van der Waals surface area contributed by atoms with Gasteiger partial charge in [0.05, 0.1) is 6.61 Å². The van der Waals surface area contributed by atoms with E-state index >= 15 is 0 Å². The maximum atomic E-state index is 6.10. The summed E-state index contributed by atoms with van der Waals surface area (Å²) in [7, 11) is 0. The van der Waals surface area contributed by atoms with E-state index in [1.807, 2.05) is 6.07 Å². The third kappa shape index (κ3) is 4.22. The molecule has 0 amide bonds. The largest absolute Gasteiger partial charge is 0.491 e. The summed E-state index contributed by atoms with van der Waals surface area (Å²) in [5.74, 6) is 0.937. The Morgan fingerprint density at radius 1 is 1.26 bits per heavy atom. The van der Waals surface area contributed by atoms with E-state index in [9.17, 15) is 0 Å². The lowest BCUT2D eigenvalue weighted by Crippen LogP contribution is -2.17. The van der Waals surface area contributed by atoms with E-state index in [0.29, 0.717) is 13.2 Å². The van der Waals surface area contributed by atoms with Crippen LogP contribution in [0.15, 0.2) is 18.2 Å². The van der Waals surface area contributed by atoms with E-state index in [1.165, 1.54) is 24.0 Å². The van der Waals surface area contributed by atoms with Crippen LogP contribution in [-0.4, -0.2) is 19.8 Å². The van der Waals surface area contributed by atoms with Crippen LogP contribution in [0, 0.1) is 0 Å². The van der Waals surface area contributed by atoms with Crippen molar-refractivity contribution in [2.75, 3.05) is 19.8 Å². The molecule has 0 saturated heterocycles. The number of benzene rings is 1. The number of nitrogens with two attached hydrogens (primary N) is 1. The molecule has 3 nitrogen and oxygen atoms in total. The molecule has 0 fully saturated rings. The van der Waals surface area contributed by atoms with Crippen LogP contribution >= 0.6 is 0 Å². The Morgan fingerprint density at radius 3 is 3.00 bits per heavy atom. The molecule has 3 heteroatoms. The Kier molecular flexibility index (Phi) is 5.67. The van der Waals surface area contributed by atoms with Gasteiger partial charge in [0.25, 0.3) is 0 Å². The predicted molar refractivity (Wildman–Crippen MR) is 77.5 cm³/mol. The zero-order valence-corrected chi connectivity index (χ0v) is 11.9. The highest BCUT2D eigenvalue weighted by atomic mass is 16.5. The Labute approximate surface area is 116 Å². The van der Waals surface area contributed by atoms with Crippen LogP contribution in [0.5, 0.6) is 5.75 Å². The molecule has 106 valence electrons. The van der Waals surface area contributed by atoms with Crippen LogP contribution in [0.1, 0.15) is 49.8 Å². The third-order valence-electron chi connectivity index (χ3n) is 3.61. The summed E-state index contributed by atoms with van der Waals surface area (Å²) in [4.78, 5) is 0. The first kappa shape index (κ1) is 14.4. The van der Waals surface area contributed by atoms with Gasteiger partial charge >= 0.3 is 0 Å². The summed E-state index contributed by atoms with van der Waals surface area (Å²) in [5.41, 5.74) is 8.74. The summed E-state index contributed by atoms with van der Waals surface area (Å²) in [6, 6.07) is 6.48. The van der Waals surface area contributed by atoms with Crippen LogP contribution in [0.25, 0.3) is 0 Å². The molecule has 2 rings (SSSR count). The van der Waals surface area contributed by atoms with Gasteiger partial charge in [0.1, 0.15) is 12.4 Å². The molecule has 1 atom stereocenters. The fraction of sp³-hybridized carbons (Fsp3) is 0.625. The molecule has 2 N–H and O–H groups in total. The van der Waals surface area contributed by atoms with Crippen molar-refractivity contribution < 1.29 is 9.47 Å². The van der Waals surface area contributed by atoms with E-state index in [0.717, 1.165) is 31.6 Å². The number of hydrogen-bond acceptors (Lipinski definition) is 3. The first-order valence-corrected chi connectivity index (χ1v) is 7.40. The zero-order valence-electron chi connectivity index (χ0n) is 11.9. The summed E-state index contributed by atoms with van der Waals surface area (Å²) in [5, 5.41) is 0. The molecule has 0 heterocycles. The first-order valence-electron chi connectivity index (χ1n) is 7.40. The van der Waals surface area contributed by atoms with Gasteiger partial charge in [0, 0.05) is 12.6 Å². The Hall–Kier alpha value is -1.06. The van der Waals surface area contributed by atoms with Crippen molar-refractivity contribution in [2.24, 2.45) is 5.73 Å². The lowest BCUT2D eigenvalue weighted by molar-refractivity contribution is 0.0980. The molecule has 0 bridgehead atoms. The van der Waals surface area contributed by atoms with Gasteiger partial charge in [-0.3, -0.25) is 0 Å². The van der Waals surface area contributed by atoms with Gasteiger partial charge in [-0.1, -0.05) is 19.4 Å². The second-order valence-corrected chi connectivity index (χ2v) is 5.17. The molecule has 19 heavy (non-hydrogen) atoms. The van der Waals surface area contributed by atoms with E-state index in [2.05, 4.69) is 19.1 Å². The quantitative estimate of drug-likeness (QED) is 0.768. The predicted octanol–water partition coefficient (Wildman–Crippen LogP) is 3.22. The molecule has 0 aliphatic heterocycles. The number of ether oxygens (including phenoxy) is 2. The highest BCUT2D eigenvalue weighted by Gasteiger charge is 2.16. The van der Waals surface area contributed by atoms with Crippen LogP contribution in [-0.2, 0) is 11.2 Å². The van der Waals surface area contributed by atoms with Crippen molar-refractivity contribution in [1.29, 1.82) is 0 Å². The monoisotopic (exact) mass is 263 g/mol. The van der Waals surface area contributed by atoms with E-state index in [1.54, 1.807) is 0 Å². The van der Waals surface area contributed by atoms with Crippen LogP contribution in [0.3, 0.4) is 0 Å². The van der Waals surface area contributed by atoms with Gasteiger partial charge in [0.2, 0.25) is 0 Å². The molecule has 0 radical (unpaired) electrons. The van der Waals surface area contributed by atoms with Gasteiger partial charge in [-0.15, -0.1) is 0 Å². The van der Waals surface area contributed by atoms with Crippen molar-refractivity contribution in [2.45, 2.75) is 45.1 Å². The molecular weight excluding hydrogens is 238 g/mol. The van der Waals surface area contributed by atoms with E-state index < -0.39 is 0 Å². The van der Waals surface area contributed by atoms with Gasteiger partial charge in [-0.2, -0.15) is 0 Å². The molecule has 0 saturated carbocycles. The third-order valence-corrected chi connectivity index (χ3v) is 3.61. The lowest BCUT2D eigenvalue weighted by atomic mass is 9.88. The fourth-order valence-corrected chi connectivity index (χ4v) is 2.48. The highest BCUT2D eigenvalue weighted by Crippen LogP contribution is 2.30. The highest BCUT2D eigenvalue weighted by molar-refractivity contribution is 5.38. The number of rotatable bonds is 7. The summed E-state index contributed by atoms with van der Waals surface area (Å²) < 4.78 is 11.2. The number of fused-ring (bicyclic) bond motifs is 1. The maximum Gasteiger partial charge on any atom is 0.119 e. The van der Waals surface area contributed by atoms with Gasteiger partial charge in [-0.25, -0.2) is 0 Å². The van der Waals surface area contributed by atoms with Crippen LogP contribution in [0.4, 0.5) is 0 Å². The Balaban J connectivity index is 1.78. The van der Waals surface area contributed by atoms with Crippen molar-refractivity contribution in [3.8, 4) is 5.75 Å². The Morgan fingerprint density at radius 2 is 2.16 bits per heavy atom. The average Bonchev–Trinajstić information content (AvgIpc) is 2.43. The van der Waals surface area contributed by atoms with Crippen molar-refractivity contribution in [1.82, 2.24) is 0 Å². The summed E-state index contributed by atoms with van der Waals surface area (Å²) in [6.07, 6.45) is 5.69. The smallest absolute Gasteiger partial charge is 0.119 e. The second kappa shape index (κ2) is 7.51. The van der Waals surface area contributed by atoms with Gasteiger partial charge in [-0.05, 0) is 48.9 Å². The SMILES string of the molecule is CCCCOCCOc1ccc2c(c1)CCCC2N. The summed E-state index contributed by atoms with van der Waals surface area (Å²) in [6.45, 7) is 4.28. The van der Waals surface area contributed by atoms with Crippen molar-refractivity contribution in [3.63, 3.8) is 0 Å². The van der Waals surface area contributed by atoms with Crippen molar-refractivity contribution in [3.05, 3.63) is 29.3 Å². The second-order valence-electron chi connectivity index (χ2n) is 5.17. The Bertz CT molecular complexity index is 392. The molecule has 1 aliphatic carbocycles. The first-order chi connectivity index (χ1) is 9.31. The normalized spacial score (nSPS) is 18.1. The number of hydrogen-bond donors (Lipinski definition) is 1. The molecule has 1 unspecified atom stereocenters. The number of unbranched alkanes of at least 4 members (excludes halogenated alkanes) is 1. The fourth-order valence-electron chi connectivity index (χ4n) is 2.48. The van der Waals surface area contributed by atoms with E-state index in [4.69, 9.17) is 15.2 Å². The molecule has 1 aliphatic rings.